The lowest BCUT2D eigenvalue weighted by atomic mass is 9.98. The molecule has 0 aromatic heterocycles. The topological polar surface area (TPSA) is 240 Å². The van der Waals surface area contributed by atoms with Crippen LogP contribution in [0, 0.1) is 0 Å². The molecule has 0 amide bonds. The number of hydrogen-bond acceptors (Lipinski definition) is 17. The number of ether oxygens (including phenoxy) is 8. The minimum atomic E-state index is -1.40. The molecule has 0 aromatic rings. The Morgan fingerprint density at radius 2 is 1.11 bits per heavy atom. The summed E-state index contributed by atoms with van der Waals surface area (Å²) >= 11 is 4.64. The molecule has 2 fully saturated rings. The third-order valence-corrected chi connectivity index (χ3v) is 5.55. The van der Waals surface area contributed by atoms with Crippen LogP contribution in [0.1, 0.15) is 34.6 Å². The minimum absolute atomic E-state index is 0.0355. The van der Waals surface area contributed by atoms with E-state index in [0.717, 1.165) is 20.8 Å². The fourth-order valence-corrected chi connectivity index (χ4v) is 3.85. The molecule has 0 aromatic carbocycles. The smallest absolute Gasteiger partial charge is 0.303 e. The first-order valence-corrected chi connectivity index (χ1v) is 14.1. The summed E-state index contributed by atoms with van der Waals surface area (Å²) in [6.07, 6.45) is -9.05. The molecule has 2 aliphatic heterocycles. The average Bonchev–Trinajstić information content (AvgIpc) is 2.95. The summed E-state index contributed by atoms with van der Waals surface area (Å²) in [5.41, 5.74) is 0. The normalized spacial score (nSPS) is 30.0. The average molecular weight is 687 g/mol. The lowest BCUT2D eigenvalue weighted by Crippen LogP contribution is -2.62. The predicted molar refractivity (Wildman–Crippen MR) is 155 cm³/mol. The summed E-state index contributed by atoms with van der Waals surface area (Å²) in [7, 11) is 0. The molecular formula is C28H43ClO17. The Morgan fingerprint density at radius 3 is 1.54 bits per heavy atom. The quantitative estimate of drug-likeness (QED) is 0.0835. The maximum atomic E-state index is 11.6. The van der Waals surface area contributed by atoms with Crippen molar-refractivity contribution in [1.82, 2.24) is 0 Å². The van der Waals surface area contributed by atoms with Gasteiger partial charge in [0.15, 0.2) is 30.9 Å². The van der Waals surface area contributed by atoms with Crippen LogP contribution in [-0.2, 0) is 61.9 Å². The van der Waals surface area contributed by atoms with E-state index in [9.17, 15) is 39.3 Å². The van der Waals surface area contributed by atoms with Crippen molar-refractivity contribution in [2.45, 2.75) is 96.0 Å². The third kappa shape index (κ3) is 16.0. The van der Waals surface area contributed by atoms with Crippen LogP contribution < -0.4 is 0 Å². The maximum Gasteiger partial charge on any atom is 0.303 e. The van der Waals surface area contributed by atoms with Gasteiger partial charge in [-0.25, -0.2) is 0 Å². The van der Waals surface area contributed by atoms with Crippen LogP contribution in [0.3, 0.4) is 0 Å². The van der Waals surface area contributed by atoms with Crippen LogP contribution in [0.25, 0.3) is 0 Å². The molecule has 264 valence electrons. The maximum absolute atomic E-state index is 11.6. The van der Waals surface area contributed by atoms with Gasteiger partial charge in [-0.15, -0.1) is 13.2 Å². The lowest BCUT2D eigenvalue weighted by Gasteiger charge is -2.43. The molecule has 0 aliphatic carbocycles. The zero-order valence-corrected chi connectivity index (χ0v) is 26.9. The number of carbonyl (C=O) groups excluding carboxylic acids is 5. The highest BCUT2D eigenvalue weighted by atomic mass is 35.5. The minimum Gasteiger partial charge on any atom is -0.463 e. The molecule has 46 heavy (non-hydrogen) atoms. The van der Waals surface area contributed by atoms with Gasteiger partial charge in [-0.1, -0.05) is 12.2 Å². The molecule has 2 aliphatic rings. The zero-order valence-electron chi connectivity index (χ0n) is 26.1. The first-order valence-electron chi connectivity index (χ1n) is 13.7. The van der Waals surface area contributed by atoms with Crippen molar-refractivity contribution < 1.29 is 82.3 Å². The van der Waals surface area contributed by atoms with Gasteiger partial charge < -0.3 is 58.3 Å². The van der Waals surface area contributed by atoms with Gasteiger partial charge in [0.1, 0.15) is 37.1 Å². The Labute approximate surface area is 270 Å². The van der Waals surface area contributed by atoms with Gasteiger partial charge >= 0.3 is 23.9 Å². The van der Waals surface area contributed by atoms with Crippen molar-refractivity contribution in [3.63, 3.8) is 0 Å². The summed E-state index contributed by atoms with van der Waals surface area (Å²) < 4.78 is 41.8. The van der Waals surface area contributed by atoms with Gasteiger partial charge in [-0.05, 0) is 11.6 Å². The third-order valence-electron chi connectivity index (χ3n) is 5.55. The molecule has 2 rings (SSSR count). The number of hydrogen-bond donors (Lipinski definition) is 4. The number of aliphatic hydroxyl groups is 4. The van der Waals surface area contributed by atoms with E-state index in [1.165, 1.54) is 26.0 Å². The molecule has 10 atom stereocenters. The molecule has 18 heteroatoms. The number of aliphatic hydroxyl groups excluding tert-OH is 4. The van der Waals surface area contributed by atoms with E-state index in [1.54, 1.807) is 0 Å². The lowest BCUT2D eigenvalue weighted by molar-refractivity contribution is -0.305. The fourth-order valence-electron chi connectivity index (χ4n) is 3.85. The van der Waals surface area contributed by atoms with Gasteiger partial charge in [0.05, 0.1) is 19.8 Å². The van der Waals surface area contributed by atoms with Crippen molar-refractivity contribution >= 4 is 40.7 Å². The van der Waals surface area contributed by atoms with Crippen molar-refractivity contribution in [1.29, 1.82) is 0 Å². The Bertz CT molecular complexity index is 1000. The van der Waals surface area contributed by atoms with E-state index < -0.39 is 91.9 Å². The molecule has 0 saturated carbocycles. The van der Waals surface area contributed by atoms with Crippen LogP contribution in [-0.4, -0.2) is 137 Å². The van der Waals surface area contributed by atoms with Gasteiger partial charge in [0, 0.05) is 34.6 Å². The molecule has 2 heterocycles. The first kappa shape index (κ1) is 43.0. The molecule has 0 radical (unpaired) electrons. The summed E-state index contributed by atoms with van der Waals surface area (Å²) in [5.74, 6) is -2.67. The van der Waals surface area contributed by atoms with E-state index in [-0.39, 0.29) is 25.1 Å². The molecular weight excluding hydrogens is 644 g/mol. The van der Waals surface area contributed by atoms with Crippen LogP contribution in [0.2, 0.25) is 0 Å². The summed E-state index contributed by atoms with van der Waals surface area (Å²) in [4.78, 5) is 55.0. The highest BCUT2D eigenvalue weighted by Gasteiger charge is 2.52. The van der Waals surface area contributed by atoms with Crippen LogP contribution in [0.15, 0.2) is 25.3 Å². The summed E-state index contributed by atoms with van der Waals surface area (Å²) in [6.45, 7) is 12.3. The van der Waals surface area contributed by atoms with Crippen molar-refractivity contribution in [3.05, 3.63) is 25.3 Å². The van der Waals surface area contributed by atoms with Crippen LogP contribution in [0.4, 0.5) is 0 Å². The van der Waals surface area contributed by atoms with Crippen molar-refractivity contribution in [2.24, 2.45) is 0 Å². The highest BCUT2D eigenvalue weighted by molar-refractivity contribution is 6.62. The summed E-state index contributed by atoms with van der Waals surface area (Å²) in [6, 6.07) is 0. The van der Waals surface area contributed by atoms with Gasteiger partial charge in [-0.3, -0.25) is 24.0 Å². The van der Waals surface area contributed by atoms with E-state index in [2.05, 4.69) is 24.8 Å². The number of carbonyl (C=O) groups is 5. The standard InChI is InChI=1S/C17H24O10.C9H16O6.C2H3ClO/c1-6-7-22-17-16(26-12(5)21)15(25-11(4)20)14(24-10(3)19)13(27-17)8-23-9(2)18;1-2-3-14-9-8(13)7(12)6(11)5(4-10)15-9;1-2(3)4/h6,13-17H,1,7-8H2,2-5H3;2,5-13H,1,3-4H2;1H3. The van der Waals surface area contributed by atoms with Crippen molar-refractivity contribution in [2.75, 3.05) is 26.4 Å². The number of halogens is 1. The second kappa shape index (κ2) is 22.5. The van der Waals surface area contributed by atoms with Gasteiger partial charge in [-0.2, -0.15) is 0 Å². The number of rotatable bonds is 12. The largest absolute Gasteiger partial charge is 0.463 e. The molecule has 4 N–H and O–H groups in total. The Hall–Kier alpha value is -3.00. The van der Waals surface area contributed by atoms with Crippen molar-refractivity contribution in [3.8, 4) is 0 Å². The van der Waals surface area contributed by atoms with Crippen LogP contribution in [0.5, 0.6) is 0 Å². The van der Waals surface area contributed by atoms with E-state index in [0.29, 0.717) is 0 Å². The molecule has 17 nitrogen and oxygen atoms in total. The second-order valence-electron chi connectivity index (χ2n) is 9.48. The van der Waals surface area contributed by atoms with Gasteiger partial charge in [0.2, 0.25) is 5.24 Å². The zero-order chi connectivity index (χ0) is 35.6. The SMILES string of the molecule is C=CCOC1OC(CO)C(O)C(O)C1O.C=CCOC1OC(COC(C)=O)C(OC(C)=O)C(OC(C)=O)C1OC(C)=O.CC(=O)Cl. The fraction of sp³-hybridized carbons (Fsp3) is 0.679. The molecule has 0 spiro atoms. The first-order chi connectivity index (χ1) is 21.5. The second-order valence-corrected chi connectivity index (χ2v) is 10.0. The van der Waals surface area contributed by atoms with E-state index >= 15 is 0 Å². The Kier molecular flexibility index (Phi) is 21.0. The van der Waals surface area contributed by atoms with E-state index in [4.69, 9.17) is 43.0 Å². The number of esters is 4. The Morgan fingerprint density at radius 1 is 0.674 bits per heavy atom. The molecule has 0 bridgehead atoms. The summed E-state index contributed by atoms with van der Waals surface area (Å²) in [5, 5.41) is 36.8. The Balaban J connectivity index is 0.000000889. The molecule has 10 unspecified atom stereocenters. The van der Waals surface area contributed by atoms with Crippen LogP contribution >= 0.6 is 11.6 Å². The predicted octanol–water partition coefficient (Wildman–Crippen LogP) is -0.967. The molecule has 2 saturated heterocycles. The highest BCUT2D eigenvalue weighted by Crippen LogP contribution is 2.30. The monoisotopic (exact) mass is 686 g/mol. The van der Waals surface area contributed by atoms with Gasteiger partial charge in [0.25, 0.3) is 0 Å². The van der Waals surface area contributed by atoms with E-state index in [1.807, 2.05) is 0 Å².